The van der Waals surface area contributed by atoms with Crippen molar-refractivity contribution in [2.24, 2.45) is 0 Å². The predicted molar refractivity (Wildman–Crippen MR) is 48.7 cm³/mol. The van der Waals surface area contributed by atoms with Gasteiger partial charge in [0.25, 0.3) is 0 Å². The largest absolute Gasteiger partial charge is 0.373 e. The number of rotatable bonds is 4. The zero-order chi connectivity index (χ0) is 9.26. The lowest BCUT2D eigenvalue weighted by Gasteiger charge is -2.43. The van der Waals surface area contributed by atoms with E-state index in [1.165, 1.54) is 0 Å². The van der Waals surface area contributed by atoms with E-state index in [0.29, 0.717) is 24.4 Å². The second-order valence-electron chi connectivity index (χ2n) is 3.77. The molecule has 0 N–H and O–H groups in total. The number of ether oxygens (including phenoxy) is 3. The number of hydrogen-bond donors (Lipinski definition) is 0. The standard InChI is InChI=1S/C10H18O3/c1-3-7-9(5-11-7)13-10-6-12-8(10)4-2/h7-10H,3-6H2,1-2H3. The van der Waals surface area contributed by atoms with Gasteiger partial charge in [0.1, 0.15) is 12.2 Å². The van der Waals surface area contributed by atoms with Crippen LogP contribution in [0.2, 0.25) is 0 Å². The van der Waals surface area contributed by atoms with Gasteiger partial charge in [-0.25, -0.2) is 0 Å². The summed E-state index contributed by atoms with van der Waals surface area (Å²) < 4.78 is 16.6. The fourth-order valence-corrected chi connectivity index (χ4v) is 1.86. The van der Waals surface area contributed by atoms with Gasteiger partial charge in [-0.2, -0.15) is 0 Å². The van der Waals surface area contributed by atoms with E-state index >= 15 is 0 Å². The molecular weight excluding hydrogens is 168 g/mol. The summed E-state index contributed by atoms with van der Waals surface area (Å²) in [6.45, 7) is 5.81. The first kappa shape index (κ1) is 9.44. The summed E-state index contributed by atoms with van der Waals surface area (Å²) in [6.07, 6.45) is 3.42. The molecule has 0 aromatic heterocycles. The van der Waals surface area contributed by atoms with Crippen LogP contribution in [0.1, 0.15) is 26.7 Å². The summed E-state index contributed by atoms with van der Waals surface area (Å²) in [6, 6.07) is 0. The first-order valence-corrected chi connectivity index (χ1v) is 5.23. The minimum atomic E-state index is 0.327. The van der Waals surface area contributed by atoms with E-state index in [9.17, 15) is 0 Å². The fraction of sp³-hybridized carbons (Fsp3) is 1.00. The van der Waals surface area contributed by atoms with Gasteiger partial charge >= 0.3 is 0 Å². The zero-order valence-corrected chi connectivity index (χ0v) is 8.36. The molecule has 0 aromatic carbocycles. The third kappa shape index (κ3) is 1.73. The van der Waals surface area contributed by atoms with Crippen molar-refractivity contribution in [1.82, 2.24) is 0 Å². The van der Waals surface area contributed by atoms with Gasteiger partial charge in [-0.1, -0.05) is 13.8 Å². The third-order valence-corrected chi connectivity index (χ3v) is 2.93. The van der Waals surface area contributed by atoms with Crippen molar-refractivity contribution in [3.8, 4) is 0 Å². The first-order valence-electron chi connectivity index (χ1n) is 5.23. The van der Waals surface area contributed by atoms with Crippen molar-refractivity contribution in [1.29, 1.82) is 0 Å². The summed E-state index contributed by atoms with van der Waals surface area (Å²) in [7, 11) is 0. The molecule has 0 amide bonds. The minimum absolute atomic E-state index is 0.327. The molecule has 0 aliphatic carbocycles. The molecule has 2 fully saturated rings. The van der Waals surface area contributed by atoms with Gasteiger partial charge in [-0.05, 0) is 12.8 Å². The van der Waals surface area contributed by atoms with Crippen molar-refractivity contribution < 1.29 is 14.2 Å². The fourth-order valence-electron chi connectivity index (χ4n) is 1.86. The average molecular weight is 186 g/mol. The van der Waals surface area contributed by atoms with Crippen molar-refractivity contribution in [3.63, 3.8) is 0 Å². The van der Waals surface area contributed by atoms with Crippen molar-refractivity contribution in [3.05, 3.63) is 0 Å². The van der Waals surface area contributed by atoms with E-state index in [4.69, 9.17) is 14.2 Å². The van der Waals surface area contributed by atoms with Crippen LogP contribution in [0.4, 0.5) is 0 Å². The minimum Gasteiger partial charge on any atom is -0.373 e. The van der Waals surface area contributed by atoms with E-state index < -0.39 is 0 Å². The lowest BCUT2D eigenvalue weighted by Crippen LogP contribution is -2.55. The Balaban J connectivity index is 1.72. The molecule has 2 aliphatic rings. The summed E-state index contributed by atoms with van der Waals surface area (Å²) in [5.74, 6) is 0. The average Bonchev–Trinajstić information content (AvgIpc) is 2.02. The van der Waals surface area contributed by atoms with Gasteiger partial charge in [0.15, 0.2) is 0 Å². The van der Waals surface area contributed by atoms with Crippen LogP contribution in [0.3, 0.4) is 0 Å². The lowest BCUT2D eigenvalue weighted by molar-refractivity contribution is -0.269. The second kappa shape index (κ2) is 3.95. The van der Waals surface area contributed by atoms with Crippen molar-refractivity contribution in [2.45, 2.75) is 51.1 Å². The molecule has 4 atom stereocenters. The van der Waals surface area contributed by atoms with Crippen LogP contribution in [0, 0.1) is 0 Å². The van der Waals surface area contributed by atoms with Crippen LogP contribution >= 0.6 is 0 Å². The molecule has 4 unspecified atom stereocenters. The van der Waals surface area contributed by atoms with Crippen LogP contribution < -0.4 is 0 Å². The Morgan fingerprint density at radius 2 is 1.46 bits per heavy atom. The van der Waals surface area contributed by atoms with E-state index in [2.05, 4.69) is 13.8 Å². The highest BCUT2D eigenvalue weighted by molar-refractivity contribution is 4.85. The van der Waals surface area contributed by atoms with E-state index in [1.54, 1.807) is 0 Å². The second-order valence-corrected chi connectivity index (χ2v) is 3.77. The molecule has 0 bridgehead atoms. The highest BCUT2D eigenvalue weighted by Crippen LogP contribution is 2.26. The monoisotopic (exact) mass is 186 g/mol. The lowest BCUT2D eigenvalue weighted by atomic mass is 10.0. The van der Waals surface area contributed by atoms with Crippen molar-refractivity contribution >= 4 is 0 Å². The molecule has 0 spiro atoms. The molecule has 2 heterocycles. The normalized spacial score (nSPS) is 43.8. The Morgan fingerprint density at radius 3 is 1.69 bits per heavy atom. The molecule has 0 radical (unpaired) electrons. The van der Waals surface area contributed by atoms with Gasteiger partial charge in [0.2, 0.25) is 0 Å². The maximum atomic E-state index is 5.88. The maximum absolute atomic E-state index is 5.88. The number of hydrogen-bond acceptors (Lipinski definition) is 3. The molecule has 2 saturated heterocycles. The van der Waals surface area contributed by atoms with Gasteiger partial charge in [-0.3, -0.25) is 0 Å². The quantitative estimate of drug-likeness (QED) is 0.663. The summed E-state index contributed by atoms with van der Waals surface area (Å²) in [5, 5.41) is 0. The Labute approximate surface area is 79.4 Å². The maximum Gasteiger partial charge on any atom is 0.108 e. The molecule has 2 aliphatic heterocycles. The smallest absolute Gasteiger partial charge is 0.108 e. The Bertz CT molecular complexity index is 150. The zero-order valence-electron chi connectivity index (χ0n) is 8.36. The molecular formula is C10H18O3. The summed E-state index contributed by atoms with van der Waals surface area (Å²) in [5.41, 5.74) is 0. The van der Waals surface area contributed by atoms with Crippen LogP contribution in [0.25, 0.3) is 0 Å². The predicted octanol–water partition coefficient (Wildman–Crippen LogP) is 1.36. The molecule has 13 heavy (non-hydrogen) atoms. The van der Waals surface area contributed by atoms with E-state index in [-0.39, 0.29) is 0 Å². The van der Waals surface area contributed by atoms with Gasteiger partial charge in [0, 0.05) is 0 Å². The molecule has 0 aromatic rings. The van der Waals surface area contributed by atoms with Crippen LogP contribution in [-0.2, 0) is 14.2 Å². The van der Waals surface area contributed by atoms with E-state index in [1.807, 2.05) is 0 Å². The highest BCUT2D eigenvalue weighted by atomic mass is 16.6. The third-order valence-electron chi connectivity index (χ3n) is 2.93. The van der Waals surface area contributed by atoms with Crippen LogP contribution in [-0.4, -0.2) is 37.6 Å². The van der Waals surface area contributed by atoms with Crippen LogP contribution in [0.5, 0.6) is 0 Å². The van der Waals surface area contributed by atoms with Gasteiger partial charge in [-0.15, -0.1) is 0 Å². The molecule has 76 valence electrons. The van der Waals surface area contributed by atoms with E-state index in [0.717, 1.165) is 26.1 Å². The van der Waals surface area contributed by atoms with Crippen LogP contribution in [0.15, 0.2) is 0 Å². The first-order chi connectivity index (χ1) is 6.35. The van der Waals surface area contributed by atoms with Crippen molar-refractivity contribution in [2.75, 3.05) is 13.2 Å². The highest BCUT2D eigenvalue weighted by Gasteiger charge is 2.39. The topological polar surface area (TPSA) is 27.7 Å². The SMILES string of the molecule is CCC1OCC1OC1COC1CC. The Kier molecular flexibility index (Phi) is 2.86. The Hall–Kier alpha value is -0.120. The summed E-state index contributed by atoms with van der Waals surface area (Å²) >= 11 is 0. The van der Waals surface area contributed by atoms with Gasteiger partial charge in [0.05, 0.1) is 25.4 Å². The summed E-state index contributed by atoms with van der Waals surface area (Å²) in [4.78, 5) is 0. The van der Waals surface area contributed by atoms with Gasteiger partial charge < -0.3 is 14.2 Å². The molecule has 0 saturated carbocycles. The molecule has 3 nitrogen and oxygen atoms in total. The molecule has 3 heteroatoms. The molecule has 2 rings (SSSR count). The Morgan fingerprint density at radius 1 is 1.00 bits per heavy atom.